The van der Waals surface area contributed by atoms with Crippen molar-refractivity contribution in [1.82, 2.24) is 4.72 Å². The van der Waals surface area contributed by atoms with Crippen LogP contribution in [0.3, 0.4) is 0 Å². The molecule has 0 saturated heterocycles. The molecule has 0 fully saturated rings. The topological polar surface area (TPSA) is 104 Å². The molecule has 0 bridgehead atoms. The molecule has 3 N–H and O–H groups in total. The van der Waals surface area contributed by atoms with Crippen molar-refractivity contribution in [2.24, 2.45) is 0 Å². The summed E-state index contributed by atoms with van der Waals surface area (Å²) < 4.78 is 26.7. The van der Waals surface area contributed by atoms with Crippen molar-refractivity contribution in [3.63, 3.8) is 0 Å². The fourth-order valence-electron chi connectivity index (χ4n) is 1.42. The number of aliphatic hydroxyl groups is 1. The van der Waals surface area contributed by atoms with E-state index in [0.717, 1.165) is 6.07 Å². The van der Waals surface area contributed by atoms with Crippen molar-refractivity contribution < 1.29 is 23.4 Å². The number of sulfonamides is 1. The molecular formula is C11H14BrNO5S. The third-order valence-electron chi connectivity index (χ3n) is 2.40. The molecule has 0 amide bonds. The quantitative estimate of drug-likeness (QED) is 0.714. The van der Waals surface area contributed by atoms with Crippen LogP contribution in [-0.4, -0.2) is 37.2 Å². The van der Waals surface area contributed by atoms with Gasteiger partial charge in [0.25, 0.3) is 0 Å². The normalized spacial score (nSPS) is 13.2. The number of nitrogens with one attached hydrogen (secondary N) is 1. The Kier molecular flexibility index (Phi) is 5.48. The summed E-state index contributed by atoms with van der Waals surface area (Å²) in [6, 6.07) is 3.33. The number of carboxylic acid groups (broad SMARTS) is 1. The van der Waals surface area contributed by atoms with Crippen LogP contribution in [0.15, 0.2) is 27.6 Å². The Labute approximate surface area is 119 Å². The molecule has 0 aliphatic carbocycles. The van der Waals surface area contributed by atoms with Crippen LogP contribution in [0.4, 0.5) is 0 Å². The average Bonchev–Trinajstić information content (AvgIpc) is 2.28. The lowest BCUT2D eigenvalue weighted by Gasteiger charge is -2.13. The van der Waals surface area contributed by atoms with Crippen LogP contribution >= 0.6 is 15.9 Å². The van der Waals surface area contributed by atoms with E-state index in [2.05, 4.69) is 20.7 Å². The lowest BCUT2D eigenvalue weighted by Crippen LogP contribution is -2.33. The summed E-state index contributed by atoms with van der Waals surface area (Å²) in [5.74, 6) is -1.22. The van der Waals surface area contributed by atoms with Gasteiger partial charge in [0.15, 0.2) is 0 Å². The predicted octanol–water partition coefficient (Wildman–Crippen LogP) is 1.20. The second kappa shape index (κ2) is 6.47. The Hall–Kier alpha value is -0.960. The van der Waals surface area contributed by atoms with Gasteiger partial charge < -0.3 is 10.2 Å². The Balaban J connectivity index is 3.08. The second-order valence-electron chi connectivity index (χ2n) is 3.98. The predicted molar refractivity (Wildman–Crippen MR) is 72.6 cm³/mol. The SMILES string of the molecule is CC(CCO)NS(=O)(=O)c1ccc(Br)c(C(=O)O)c1. The molecule has 0 radical (unpaired) electrons. The van der Waals surface area contributed by atoms with E-state index in [4.69, 9.17) is 10.2 Å². The number of hydrogen-bond acceptors (Lipinski definition) is 4. The molecule has 1 aromatic rings. The molecule has 8 heteroatoms. The fraction of sp³-hybridized carbons (Fsp3) is 0.364. The van der Waals surface area contributed by atoms with Crippen molar-refractivity contribution in [3.05, 3.63) is 28.2 Å². The third kappa shape index (κ3) is 4.27. The smallest absolute Gasteiger partial charge is 0.336 e. The lowest BCUT2D eigenvalue weighted by molar-refractivity contribution is 0.0695. The van der Waals surface area contributed by atoms with Crippen molar-refractivity contribution >= 4 is 31.9 Å². The number of aliphatic hydroxyl groups excluding tert-OH is 1. The molecule has 0 saturated carbocycles. The maximum Gasteiger partial charge on any atom is 0.336 e. The van der Waals surface area contributed by atoms with Gasteiger partial charge >= 0.3 is 5.97 Å². The van der Waals surface area contributed by atoms with Gasteiger partial charge in [0.2, 0.25) is 10.0 Å². The fourth-order valence-corrected chi connectivity index (χ4v) is 3.14. The molecule has 0 aliphatic rings. The van der Waals surface area contributed by atoms with Crippen molar-refractivity contribution in [2.75, 3.05) is 6.61 Å². The number of rotatable bonds is 6. The molecule has 0 spiro atoms. The van der Waals surface area contributed by atoms with Crippen LogP contribution in [0.2, 0.25) is 0 Å². The van der Waals surface area contributed by atoms with E-state index in [1.54, 1.807) is 6.92 Å². The van der Waals surface area contributed by atoms with E-state index in [9.17, 15) is 13.2 Å². The summed E-state index contributed by atoms with van der Waals surface area (Å²) in [4.78, 5) is 10.8. The van der Waals surface area contributed by atoms with Crippen LogP contribution < -0.4 is 4.72 Å². The Morgan fingerprint density at radius 2 is 2.11 bits per heavy atom. The number of halogens is 1. The first-order valence-corrected chi connectivity index (χ1v) is 7.71. The van der Waals surface area contributed by atoms with Crippen LogP contribution in [0.25, 0.3) is 0 Å². The minimum atomic E-state index is -3.80. The zero-order valence-corrected chi connectivity index (χ0v) is 12.5. The zero-order chi connectivity index (χ0) is 14.6. The number of benzene rings is 1. The summed E-state index contributed by atoms with van der Waals surface area (Å²) >= 11 is 3.04. The van der Waals surface area contributed by atoms with E-state index in [0.29, 0.717) is 4.47 Å². The minimum Gasteiger partial charge on any atom is -0.478 e. The van der Waals surface area contributed by atoms with Gasteiger partial charge in [-0.05, 0) is 47.5 Å². The summed E-state index contributed by atoms with van der Waals surface area (Å²) in [6.07, 6.45) is 0.279. The van der Waals surface area contributed by atoms with Crippen LogP contribution in [0, 0.1) is 0 Å². The standard InChI is InChI=1S/C11H14BrNO5S/c1-7(4-5-14)13-19(17,18)8-2-3-10(12)9(6-8)11(15)16/h2-3,6-7,13-14H,4-5H2,1H3,(H,15,16). The maximum absolute atomic E-state index is 12.0. The van der Waals surface area contributed by atoms with Crippen LogP contribution in [0.5, 0.6) is 0 Å². The van der Waals surface area contributed by atoms with Gasteiger partial charge in [0.05, 0.1) is 10.5 Å². The molecule has 1 unspecified atom stereocenters. The van der Waals surface area contributed by atoms with Gasteiger partial charge in [0, 0.05) is 17.1 Å². The van der Waals surface area contributed by atoms with Crippen LogP contribution in [-0.2, 0) is 10.0 Å². The number of aromatic carboxylic acids is 1. The van der Waals surface area contributed by atoms with Crippen molar-refractivity contribution in [1.29, 1.82) is 0 Å². The molecule has 1 aromatic carbocycles. The Bertz CT molecular complexity index is 572. The summed E-state index contributed by atoms with van der Waals surface area (Å²) in [5, 5.41) is 17.7. The maximum atomic E-state index is 12.0. The average molecular weight is 352 g/mol. The Morgan fingerprint density at radius 3 is 2.63 bits per heavy atom. The molecular weight excluding hydrogens is 338 g/mol. The van der Waals surface area contributed by atoms with E-state index in [-0.39, 0.29) is 23.5 Å². The molecule has 1 atom stereocenters. The molecule has 1 rings (SSSR count). The number of carboxylic acids is 1. The highest BCUT2D eigenvalue weighted by Gasteiger charge is 2.20. The number of carbonyl (C=O) groups is 1. The zero-order valence-electron chi connectivity index (χ0n) is 10.1. The van der Waals surface area contributed by atoms with E-state index in [1.807, 2.05) is 0 Å². The third-order valence-corrected chi connectivity index (χ3v) is 4.68. The summed E-state index contributed by atoms with van der Waals surface area (Å²) in [6.45, 7) is 1.48. The van der Waals surface area contributed by atoms with E-state index in [1.165, 1.54) is 12.1 Å². The van der Waals surface area contributed by atoms with Gasteiger partial charge in [-0.1, -0.05) is 0 Å². The molecule has 0 aliphatic heterocycles. The van der Waals surface area contributed by atoms with Gasteiger partial charge in [0.1, 0.15) is 0 Å². The van der Waals surface area contributed by atoms with Gasteiger partial charge in [-0.3, -0.25) is 0 Å². The lowest BCUT2D eigenvalue weighted by atomic mass is 10.2. The first-order chi connectivity index (χ1) is 8.77. The first kappa shape index (κ1) is 16.1. The highest BCUT2D eigenvalue weighted by Crippen LogP contribution is 2.21. The second-order valence-corrected chi connectivity index (χ2v) is 6.55. The minimum absolute atomic E-state index is 0.127. The number of hydrogen-bond donors (Lipinski definition) is 3. The van der Waals surface area contributed by atoms with Gasteiger partial charge in [-0.15, -0.1) is 0 Å². The molecule has 106 valence electrons. The molecule has 0 heterocycles. The largest absolute Gasteiger partial charge is 0.478 e. The summed E-state index contributed by atoms with van der Waals surface area (Å²) in [5.41, 5.74) is -0.127. The monoisotopic (exact) mass is 351 g/mol. The molecule has 0 aromatic heterocycles. The van der Waals surface area contributed by atoms with Crippen molar-refractivity contribution in [3.8, 4) is 0 Å². The first-order valence-electron chi connectivity index (χ1n) is 5.44. The van der Waals surface area contributed by atoms with E-state index >= 15 is 0 Å². The van der Waals surface area contributed by atoms with Crippen molar-refractivity contribution in [2.45, 2.75) is 24.3 Å². The van der Waals surface area contributed by atoms with E-state index < -0.39 is 22.0 Å². The van der Waals surface area contributed by atoms with Crippen LogP contribution in [0.1, 0.15) is 23.7 Å². The highest BCUT2D eigenvalue weighted by atomic mass is 79.9. The van der Waals surface area contributed by atoms with Gasteiger partial charge in [-0.2, -0.15) is 0 Å². The van der Waals surface area contributed by atoms with Gasteiger partial charge in [-0.25, -0.2) is 17.9 Å². The molecule has 6 nitrogen and oxygen atoms in total. The summed E-state index contributed by atoms with van der Waals surface area (Å²) in [7, 11) is -3.80. The Morgan fingerprint density at radius 1 is 1.47 bits per heavy atom. The molecule has 19 heavy (non-hydrogen) atoms. The highest BCUT2D eigenvalue weighted by molar-refractivity contribution is 9.10.